The van der Waals surface area contributed by atoms with E-state index in [9.17, 15) is 13.2 Å². The molecule has 0 bridgehead atoms. The molecule has 0 aliphatic carbocycles. The van der Waals surface area contributed by atoms with Crippen LogP contribution in [-0.2, 0) is 14.8 Å². The zero-order chi connectivity index (χ0) is 17.0. The maximum absolute atomic E-state index is 12.2. The van der Waals surface area contributed by atoms with E-state index in [0.717, 1.165) is 16.1 Å². The largest absolute Gasteiger partial charge is 0.325 e. The van der Waals surface area contributed by atoms with E-state index in [1.165, 1.54) is 0 Å². The van der Waals surface area contributed by atoms with Gasteiger partial charge in [0.05, 0.1) is 11.9 Å². The van der Waals surface area contributed by atoms with Crippen molar-refractivity contribution < 1.29 is 13.2 Å². The van der Waals surface area contributed by atoms with Crippen LogP contribution in [0.5, 0.6) is 0 Å². The van der Waals surface area contributed by atoms with Gasteiger partial charge in [-0.1, -0.05) is 24.3 Å². The van der Waals surface area contributed by atoms with Crippen LogP contribution in [-0.4, -0.2) is 27.1 Å². The Hall–Kier alpha value is -1.86. The maximum Gasteiger partial charge on any atom is 0.245 e. The zero-order valence-corrected chi connectivity index (χ0v) is 15.2. The first kappa shape index (κ1) is 17.5. The van der Waals surface area contributed by atoms with Crippen LogP contribution in [0.25, 0.3) is 0 Å². The van der Waals surface area contributed by atoms with Crippen molar-refractivity contribution >= 4 is 43.2 Å². The molecule has 1 amide bonds. The summed E-state index contributed by atoms with van der Waals surface area (Å²) in [4.78, 5) is 12.2. The number of carbonyl (C=O) groups is 1. The van der Waals surface area contributed by atoms with Crippen LogP contribution in [0.2, 0.25) is 0 Å². The normalized spacial score (nSPS) is 11.1. The molecule has 1 N–H and O–H groups in total. The lowest BCUT2D eigenvalue weighted by Gasteiger charge is -2.23. The highest BCUT2D eigenvalue weighted by Crippen LogP contribution is 2.27. The minimum Gasteiger partial charge on any atom is -0.325 e. The third-order valence-corrected chi connectivity index (χ3v) is 4.91. The molecule has 7 heteroatoms. The Kier molecular flexibility index (Phi) is 5.43. The van der Waals surface area contributed by atoms with Gasteiger partial charge in [-0.3, -0.25) is 9.10 Å². The topological polar surface area (TPSA) is 66.5 Å². The fourth-order valence-electron chi connectivity index (χ4n) is 2.09. The van der Waals surface area contributed by atoms with Gasteiger partial charge in [0.1, 0.15) is 6.54 Å². The molecule has 0 aliphatic heterocycles. The van der Waals surface area contributed by atoms with Crippen LogP contribution >= 0.6 is 15.9 Å². The average Bonchev–Trinajstić information content (AvgIpc) is 2.44. The third-order valence-electron chi connectivity index (χ3n) is 3.11. The highest BCUT2D eigenvalue weighted by atomic mass is 79.9. The molecular weight excluding hydrogens is 380 g/mol. The van der Waals surface area contributed by atoms with Gasteiger partial charge >= 0.3 is 0 Å². The van der Waals surface area contributed by atoms with Crippen LogP contribution in [0.1, 0.15) is 5.56 Å². The number of halogens is 1. The van der Waals surface area contributed by atoms with Crippen molar-refractivity contribution in [2.24, 2.45) is 0 Å². The number of sulfonamides is 1. The fraction of sp³-hybridized carbons (Fsp3) is 0.188. The lowest BCUT2D eigenvalue weighted by molar-refractivity contribution is -0.114. The molecular formula is C16H17BrN2O3S. The standard InChI is InChI=1S/C16H17BrN2O3S/c1-12-6-5-7-13(10-12)18-16(20)11-19(23(2,21)22)15-9-4-3-8-14(15)17/h3-10H,11H2,1-2H3,(H,18,20). The lowest BCUT2D eigenvalue weighted by Crippen LogP contribution is -2.37. The molecule has 2 aromatic carbocycles. The first-order valence-corrected chi connectivity index (χ1v) is 9.50. The first-order chi connectivity index (χ1) is 10.8. The van der Waals surface area contributed by atoms with Crippen molar-refractivity contribution in [3.05, 3.63) is 58.6 Å². The summed E-state index contributed by atoms with van der Waals surface area (Å²) < 4.78 is 25.8. The molecule has 5 nitrogen and oxygen atoms in total. The van der Waals surface area contributed by atoms with E-state index in [1.807, 2.05) is 25.1 Å². The van der Waals surface area contributed by atoms with E-state index in [-0.39, 0.29) is 6.54 Å². The number of rotatable bonds is 5. The minimum atomic E-state index is -3.59. The number of amides is 1. The van der Waals surface area contributed by atoms with E-state index >= 15 is 0 Å². The van der Waals surface area contributed by atoms with Gasteiger partial charge < -0.3 is 5.32 Å². The Morgan fingerprint density at radius 2 is 1.87 bits per heavy atom. The second-order valence-electron chi connectivity index (χ2n) is 5.14. The van der Waals surface area contributed by atoms with Crippen molar-refractivity contribution in [1.29, 1.82) is 0 Å². The summed E-state index contributed by atoms with van der Waals surface area (Å²) in [5.74, 6) is -0.406. The Balaban J connectivity index is 2.22. The second-order valence-corrected chi connectivity index (χ2v) is 7.90. The Morgan fingerprint density at radius 3 is 2.48 bits per heavy atom. The highest BCUT2D eigenvalue weighted by molar-refractivity contribution is 9.10. The molecule has 122 valence electrons. The van der Waals surface area contributed by atoms with Crippen LogP contribution in [0.3, 0.4) is 0 Å². The van der Waals surface area contributed by atoms with Crippen LogP contribution in [0.15, 0.2) is 53.0 Å². The molecule has 2 aromatic rings. The summed E-state index contributed by atoms with van der Waals surface area (Å²) in [6.45, 7) is 1.62. The number of nitrogens with zero attached hydrogens (tertiary/aromatic N) is 1. The summed E-state index contributed by atoms with van der Waals surface area (Å²) in [5.41, 5.74) is 2.07. The van der Waals surface area contributed by atoms with Gasteiger partial charge in [0.2, 0.25) is 15.9 Å². The lowest BCUT2D eigenvalue weighted by atomic mass is 10.2. The molecule has 0 unspecified atom stereocenters. The van der Waals surface area contributed by atoms with E-state index in [2.05, 4.69) is 21.2 Å². The molecule has 0 fully saturated rings. The summed E-state index contributed by atoms with van der Waals surface area (Å²) in [6.07, 6.45) is 1.08. The fourth-order valence-corrected chi connectivity index (χ4v) is 3.57. The van der Waals surface area contributed by atoms with E-state index in [4.69, 9.17) is 0 Å². The number of nitrogens with one attached hydrogen (secondary N) is 1. The van der Waals surface area contributed by atoms with E-state index < -0.39 is 15.9 Å². The average molecular weight is 397 g/mol. The molecule has 0 atom stereocenters. The Labute approximate surface area is 144 Å². The number of benzene rings is 2. The summed E-state index contributed by atoms with van der Waals surface area (Å²) in [6, 6.07) is 14.2. The van der Waals surface area contributed by atoms with Crippen LogP contribution < -0.4 is 9.62 Å². The molecule has 0 saturated carbocycles. The second kappa shape index (κ2) is 7.14. The first-order valence-electron chi connectivity index (χ1n) is 6.86. The number of carbonyl (C=O) groups excluding carboxylic acids is 1. The number of aryl methyl sites for hydroxylation is 1. The van der Waals surface area contributed by atoms with Crippen molar-refractivity contribution in [3.8, 4) is 0 Å². The smallest absolute Gasteiger partial charge is 0.245 e. The number of hydrogen-bond acceptors (Lipinski definition) is 3. The van der Waals surface area contributed by atoms with Gasteiger partial charge in [-0.2, -0.15) is 0 Å². The minimum absolute atomic E-state index is 0.296. The van der Waals surface area contributed by atoms with E-state index in [1.54, 1.807) is 30.3 Å². The summed E-state index contributed by atoms with van der Waals surface area (Å²) >= 11 is 3.32. The Bertz CT molecular complexity index is 822. The van der Waals surface area contributed by atoms with Gasteiger partial charge in [-0.05, 0) is 52.7 Å². The van der Waals surface area contributed by atoms with Crippen molar-refractivity contribution in [3.63, 3.8) is 0 Å². The molecule has 0 saturated heterocycles. The van der Waals surface area contributed by atoms with E-state index in [0.29, 0.717) is 15.8 Å². The zero-order valence-electron chi connectivity index (χ0n) is 12.8. The van der Waals surface area contributed by atoms with Crippen LogP contribution in [0.4, 0.5) is 11.4 Å². The molecule has 0 spiro atoms. The predicted octanol–water partition coefficient (Wildman–Crippen LogP) is 3.16. The van der Waals surface area contributed by atoms with Crippen molar-refractivity contribution in [1.82, 2.24) is 0 Å². The van der Waals surface area contributed by atoms with Crippen molar-refractivity contribution in [2.75, 3.05) is 22.4 Å². The molecule has 0 heterocycles. The van der Waals surface area contributed by atoms with Gasteiger partial charge in [0, 0.05) is 10.2 Å². The van der Waals surface area contributed by atoms with Crippen LogP contribution in [0, 0.1) is 6.92 Å². The quantitative estimate of drug-likeness (QED) is 0.843. The molecule has 0 radical (unpaired) electrons. The third kappa shape index (κ3) is 4.80. The number of para-hydroxylation sites is 1. The molecule has 0 aliphatic rings. The molecule has 23 heavy (non-hydrogen) atoms. The van der Waals surface area contributed by atoms with Gasteiger partial charge in [-0.15, -0.1) is 0 Å². The number of hydrogen-bond donors (Lipinski definition) is 1. The predicted molar refractivity (Wildman–Crippen MR) is 96.1 cm³/mol. The summed E-state index contributed by atoms with van der Waals surface area (Å²) in [5, 5.41) is 2.71. The van der Waals surface area contributed by atoms with Crippen molar-refractivity contribution in [2.45, 2.75) is 6.92 Å². The van der Waals surface area contributed by atoms with Gasteiger partial charge in [0.15, 0.2) is 0 Å². The molecule has 0 aromatic heterocycles. The Morgan fingerprint density at radius 1 is 1.17 bits per heavy atom. The SMILES string of the molecule is Cc1cccc(NC(=O)CN(c2ccccc2Br)S(C)(=O)=O)c1. The summed E-state index contributed by atoms with van der Waals surface area (Å²) in [7, 11) is -3.59. The molecule has 2 rings (SSSR count). The van der Waals surface area contributed by atoms with Gasteiger partial charge in [0.25, 0.3) is 0 Å². The van der Waals surface area contributed by atoms with Gasteiger partial charge in [-0.25, -0.2) is 8.42 Å². The highest BCUT2D eigenvalue weighted by Gasteiger charge is 2.22. The number of anilines is 2. The monoisotopic (exact) mass is 396 g/mol. The maximum atomic E-state index is 12.2.